The summed E-state index contributed by atoms with van der Waals surface area (Å²) in [6.45, 7) is 4.70. The van der Waals surface area contributed by atoms with Crippen molar-refractivity contribution in [3.8, 4) is 22.2 Å². The van der Waals surface area contributed by atoms with E-state index in [9.17, 15) is 0 Å². The van der Waals surface area contributed by atoms with Gasteiger partial charge in [0.15, 0.2) is 5.82 Å². The van der Waals surface area contributed by atoms with E-state index in [-0.39, 0.29) is 0 Å². The van der Waals surface area contributed by atoms with Gasteiger partial charge >= 0.3 is 0 Å². The van der Waals surface area contributed by atoms with Crippen LogP contribution in [0.3, 0.4) is 0 Å². The summed E-state index contributed by atoms with van der Waals surface area (Å²) in [5.41, 5.74) is 4.60. The summed E-state index contributed by atoms with van der Waals surface area (Å²) in [6, 6.07) is 8.21. The number of benzene rings is 1. The minimum absolute atomic E-state index is 0.833. The summed E-state index contributed by atoms with van der Waals surface area (Å²) in [5.74, 6) is 2.60. The maximum atomic E-state index is 5.66. The molecule has 0 atom stereocenters. The van der Waals surface area contributed by atoms with Crippen molar-refractivity contribution >= 4 is 11.3 Å². The molecule has 1 aliphatic heterocycles. The number of aromatic nitrogens is 2. The maximum Gasteiger partial charge on any atom is 0.169 e. The summed E-state index contributed by atoms with van der Waals surface area (Å²) in [5, 5.41) is 2.06. The molecule has 0 N–H and O–H groups in total. The van der Waals surface area contributed by atoms with Gasteiger partial charge in [-0.3, -0.25) is 4.90 Å². The molecule has 140 valence electrons. The summed E-state index contributed by atoms with van der Waals surface area (Å²) >= 11 is 1.68. The van der Waals surface area contributed by atoms with Crippen LogP contribution in [0.2, 0.25) is 0 Å². The van der Waals surface area contributed by atoms with Gasteiger partial charge in [-0.15, -0.1) is 11.3 Å². The molecular formula is C21H23N3O2S. The lowest BCUT2D eigenvalue weighted by Crippen LogP contribution is -2.31. The van der Waals surface area contributed by atoms with E-state index in [1.165, 1.54) is 16.8 Å². The highest BCUT2D eigenvalue weighted by Gasteiger charge is 2.21. The minimum atomic E-state index is 0.833. The number of hydrogen-bond acceptors (Lipinski definition) is 6. The van der Waals surface area contributed by atoms with Gasteiger partial charge < -0.3 is 9.47 Å². The van der Waals surface area contributed by atoms with Crippen LogP contribution in [-0.2, 0) is 19.5 Å². The Morgan fingerprint density at radius 3 is 2.81 bits per heavy atom. The molecule has 3 heterocycles. The average molecular weight is 382 g/mol. The van der Waals surface area contributed by atoms with Gasteiger partial charge in [-0.2, -0.15) is 0 Å². The average Bonchev–Trinajstić information content (AvgIpc) is 3.23. The number of ether oxygens (including phenoxy) is 2. The molecule has 27 heavy (non-hydrogen) atoms. The zero-order valence-electron chi connectivity index (χ0n) is 15.9. The highest BCUT2D eigenvalue weighted by atomic mass is 32.1. The van der Waals surface area contributed by atoms with E-state index in [0.717, 1.165) is 53.8 Å². The van der Waals surface area contributed by atoms with Crippen molar-refractivity contribution in [3.05, 3.63) is 58.2 Å². The number of hydrogen-bond donors (Lipinski definition) is 0. The highest BCUT2D eigenvalue weighted by Crippen LogP contribution is 2.33. The van der Waals surface area contributed by atoms with E-state index in [1.54, 1.807) is 25.6 Å². The molecule has 0 bridgehead atoms. The van der Waals surface area contributed by atoms with Crippen LogP contribution in [0.25, 0.3) is 10.7 Å². The SMILES string of the molecule is COc1ccc(CN2CCc3nc(-c4cccs4)ncc3C2)c(OC)c1C. The molecule has 0 unspecified atom stereocenters. The van der Waals surface area contributed by atoms with Gasteiger partial charge in [0.25, 0.3) is 0 Å². The summed E-state index contributed by atoms with van der Waals surface area (Å²) in [4.78, 5) is 12.9. The van der Waals surface area contributed by atoms with Crippen molar-refractivity contribution in [2.45, 2.75) is 26.4 Å². The Hall–Kier alpha value is -2.44. The first kappa shape index (κ1) is 17.9. The molecule has 0 saturated heterocycles. The van der Waals surface area contributed by atoms with Gasteiger partial charge in [-0.05, 0) is 24.4 Å². The Kier molecular flexibility index (Phi) is 5.09. The van der Waals surface area contributed by atoms with Gasteiger partial charge in [0.2, 0.25) is 0 Å². The second-order valence-corrected chi connectivity index (χ2v) is 7.64. The van der Waals surface area contributed by atoms with E-state index in [1.807, 2.05) is 25.3 Å². The van der Waals surface area contributed by atoms with Crippen LogP contribution in [0.1, 0.15) is 22.4 Å². The van der Waals surface area contributed by atoms with Gasteiger partial charge in [0.05, 0.1) is 24.8 Å². The van der Waals surface area contributed by atoms with E-state index in [0.29, 0.717) is 0 Å². The van der Waals surface area contributed by atoms with Crippen LogP contribution >= 0.6 is 11.3 Å². The van der Waals surface area contributed by atoms with Crippen molar-refractivity contribution in [1.82, 2.24) is 14.9 Å². The maximum absolute atomic E-state index is 5.66. The normalized spacial score (nSPS) is 14.0. The molecule has 1 aliphatic rings. The number of rotatable bonds is 5. The first-order valence-electron chi connectivity index (χ1n) is 9.01. The monoisotopic (exact) mass is 381 g/mol. The Labute approximate surface area is 163 Å². The van der Waals surface area contributed by atoms with Crippen molar-refractivity contribution in [2.24, 2.45) is 0 Å². The zero-order valence-corrected chi connectivity index (χ0v) is 16.7. The van der Waals surface area contributed by atoms with Crippen LogP contribution in [0.4, 0.5) is 0 Å². The lowest BCUT2D eigenvalue weighted by atomic mass is 10.0. The Morgan fingerprint density at radius 1 is 1.19 bits per heavy atom. The fourth-order valence-corrected chi connectivity index (χ4v) is 4.30. The molecule has 3 aromatic rings. The molecule has 1 aromatic carbocycles. The summed E-state index contributed by atoms with van der Waals surface area (Å²) in [6.07, 6.45) is 2.92. The molecule has 0 aliphatic carbocycles. The fourth-order valence-electron chi connectivity index (χ4n) is 3.63. The molecule has 5 nitrogen and oxygen atoms in total. The predicted molar refractivity (Wildman–Crippen MR) is 107 cm³/mol. The molecule has 4 rings (SSSR count). The Bertz CT molecular complexity index is 941. The Morgan fingerprint density at radius 2 is 2.07 bits per heavy atom. The van der Waals surface area contributed by atoms with Gasteiger partial charge in [0, 0.05) is 48.9 Å². The molecule has 0 radical (unpaired) electrons. The molecule has 0 amide bonds. The largest absolute Gasteiger partial charge is 0.496 e. The van der Waals surface area contributed by atoms with Crippen LogP contribution in [0.15, 0.2) is 35.8 Å². The summed E-state index contributed by atoms with van der Waals surface area (Å²) < 4.78 is 11.1. The first-order valence-corrected chi connectivity index (χ1v) is 9.89. The van der Waals surface area contributed by atoms with Crippen LogP contribution in [0.5, 0.6) is 11.5 Å². The van der Waals surface area contributed by atoms with Crippen LogP contribution in [0, 0.1) is 6.92 Å². The smallest absolute Gasteiger partial charge is 0.169 e. The van der Waals surface area contributed by atoms with Crippen molar-refractivity contribution in [2.75, 3.05) is 20.8 Å². The topological polar surface area (TPSA) is 47.5 Å². The zero-order chi connectivity index (χ0) is 18.8. The highest BCUT2D eigenvalue weighted by molar-refractivity contribution is 7.13. The lowest BCUT2D eigenvalue weighted by Gasteiger charge is -2.29. The van der Waals surface area contributed by atoms with Crippen molar-refractivity contribution < 1.29 is 9.47 Å². The predicted octanol–water partition coefficient (Wildman–Crippen LogP) is 4.09. The molecular weight excluding hydrogens is 358 g/mol. The van der Waals surface area contributed by atoms with E-state index < -0.39 is 0 Å². The third kappa shape index (κ3) is 3.55. The number of nitrogens with zero attached hydrogens (tertiary/aromatic N) is 3. The van der Waals surface area contributed by atoms with Gasteiger partial charge in [-0.25, -0.2) is 9.97 Å². The lowest BCUT2D eigenvalue weighted by molar-refractivity contribution is 0.239. The third-order valence-corrected chi connectivity index (χ3v) is 5.88. The minimum Gasteiger partial charge on any atom is -0.496 e. The second kappa shape index (κ2) is 7.66. The fraction of sp³-hybridized carbons (Fsp3) is 0.333. The van der Waals surface area contributed by atoms with Crippen LogP contribution in [-0.4, -0.2) is 35.6 Å². The van der Waals surface area contributed by atoms with E-state index in [4.69, 9.17) is 14.5 Å². The summed E-state index contributed by atoms with van der Waals surface area (Å²) in [7, 11) is 3.41. The molecule has 2 aromatic heterocycles. The van der Waals surface area contributed by atoms with Gasteiger partial charge in [-0.1, -0.05) is 12.1 Å². The number of methoxy groups -OCH3 is 2. The van der Waals surface area contributed by atoms with E-state index in [2.05, 4.69) is 27.4 Å². The number of fused-ring (bicyclic) bond motifs is 1. The second-order valence-electron chi connectivity index (χ2n) is 6.69. The third-order valence-electron chi connectivity index (χ3n) is 5.01. The van der Waals surface area contributed by atoms with Gasteiger partial charge in [0.1, 0.15) is 11.5 Å². The molecule has 0 spiro atoms. The molecule has 6 heteroatoms. The number of thiophene rings is 1. The van der Waals surface area contributed by atoms with E-state index >= 15 is 0 Å². The van der Waals surface area contributed by atoms with Crippen LogP contribution < -0.4 is 9.47 Å². The van der Waals surface area contributed by atoms with Crippen molar-refractivity contribution in [3.63, 3.8) is 0 Å². The molecule has 0 saturated carbocycles. The Balaban J connectivity index is 1.53. The molecule has 0 fully saturated rings. The first-order chi connectivity index (χ1) is 13.2. The van der Waals surface area contributed by atoms with Crippen molar-refractivity contribution in [1.29, 1.82) is 0 Å². The quantitative estimate of drug-likeness (QED) is 0.666. The standard InChI is InChI=1S/C21H23N3O2S/c1-14-18(25-2)7-6-15(20(14)26-3)12-24-9-8-17-16(13-24)11-22-21(23-17)19-5-4-10-27-19/h4-7,10-11H,8-9,12-13H2,1-3H3.